The molecule has 1 aromatic rings. The zero-order chi connectivity index (χ0) is 20.5. The van der Waals surface area contributed by atoms with Gasteiger partial charge in [0, 0.05) is 76.7 Å². The number of piperazine rings is 1. The number of aliphatic imine (C=N–C) groups is 1. The lowest BCUT2D eigenvalue weighted by molar-refractivity contribution is -0.0320. The third-order valence-electron chi connectivity index (χ3n) is 5.45. The highest BCUT2D eigenvalue weighted by molar-refractivity contribution is 14.0. The van der Waals surface area contributed by atoms with Crippen molar-refractivity contribution in [3.05, 3.63) is 34.6 Å². The lowest BCUT2D eigenvalue weighted by Crippen LogP contribution is -2.52. The van der Waals surface area contributed by atoms with E-state index in [1.165, 1.54) is 6.07 Å². The number of halogens is 3. The molecule has 6 nitrogen and oxygen atoms in total. The van der Waals surface area contributed by atoms with Gasteiger partial charge in [-0.2, -0.15) is 0 Å². The van der Waals surface area contributed by atoms with Crippen LogP contribution in [0.5, 0.6) is 0 Å². The Hall–Kier alpha value is -0.680. The molecule has 0 atom stereocenters. The number of ether oxygens (including phenoxy) is 2. The predicted molar refractivity (Wildman–Crippen MR) is 129 cm³/mol. The largest absolute Gasteiger partial charge is 0.381 e. The number of hydrogen-bond acceptors (Lipinski definition) is 4. The first-order valence-corrected chi connectivity index (χ1v) is 10.9. The van der Waals surface area contributed by atoms with E-state index in [0.29, 0.717) is 23.2 Å². The van der Waals surface area contributed by atoms with Crippen LogP contribution >= 0.6 is 35.6 Å². The van der Waals surface area contributed by atoms with E-state index in [1.807, 2.05) is 7.05 Å². The van der Waals surface area contributed by atoms with E-state index >= 15 is 0 Å². The summed E-state index contributed by atoms with van der Waals surface area (Å²) in [6, 6.07) is 4.85. The molecule has 0 amide bonds. The molecule has 2 aliphatic rings. The van der Waals surface area contributed by atoms with E-state index in [9.17, 15) is 4.39 Å². The van der Waals surface area contributed by atoms with Gasteiger partial charge in [0.05, 0.1) is 6.10 Å². The summed E-state index contributed by atoms with van der Waals surface area (Å²) in [4.78, 5) is 8.89. The van der Waals surface area contributed by atoms with E-state index in [-0.39, 0.29) is 29.8 Å². The van der Waals surface area contributed by atoms with Crippen molar-refractivity contribution in [2.24, 2.45) is 4.99 Å². The topological polar surface area (TPSA) is 49.3 Å². The third kappa shape index (κ3) is 7.78. The fourth-order valence-electron chi connectivity index (χ4n) is 3.72. The molecule has 0 unspecified atom stereocenters. The van der Waals surface area contributed by atoms with Crippen molar-refractivity contribution in [1.29, 1.82) is 0 Å². The molecular formula is C21H33ClFIN4O2. The zero-order valence-corrected chi connectivity index (χ0v) is 20.7. The predicted octanol–water partition coefficient (Wildman–Crippen LogP) is 3.38. The summed E-state index contributed by atoms with van der Waals surface area (Å²) in [6.07, 6.45) is 3.29. The molecule has 0 aliphatic carbocycles. The van der Waals surface area contributed by atoms with Crippen LogP contribution in [0, 0.1) is 5.82 Å². The van der Waals surface area contributed by atoms with Gasteiger partial charge < -0.3 is 19.7 Å². The van der Waals surface area contributed by atoms with Gasteiger partial charge in [0.25, 0.3) is 0 Å². The van der Waals surface area contributed by atoms with Crippen molar-refractivity contribution < 1.29 is 13.9 Å². The van der Waals surface area contributed by atoms with Gasteiger partial charge in [0.2, 0.25) is 0 Å². The van der Waals surface area contributed by atoms with Gasteiger partial charge in [0.15, 0.2) is 5.96 Å². The van der Waals surface area contributed by atoms with E-state index in [1.54, 1.807) is 12.1 Å². The lowest BCUT2D eigenvalue weighted by Gasteiger charge is -2.36. The standard InChI is InChI=1S/C21H32ClFN4O2.HI/c1-24-21(25-8-3-13-29-17-6-14-28-15-7-17)27-11-9-26(10-12-27)16-18-19(22)4-2-5-20(18)23;/h2,4-5,17H,3,6-16H2,1H3,(H,24,25);1H. The molecule has 9 heteroatoms. The van der Waals surface area contributed by atoms with Crippen LogP contribution in [0.1, 0.15) is 24.8 Å². The van der Waals surface area contributed by atoms with Crippen molar-refractivity contribution in [3.8, 4) is 0 Å². The number of rotatable bonds is 7. The Morgan fingerprint density at radius 1 is 1.27 bits per heavy atom. The molecule has 1 aromatic carbocycles. The maximum Gasteiger partial charge on any atom is 0.193 e. The van der Waals surface area contributed by atoms with Crippen molar-refractivity contribution in [2.45, 2.75) is 31.9 Å². The van der Waals surface area contributed by atoms with Gasteiger partial charge in [0.1, 0.15) is 5.82 Å². The quantitative estimate of drug-likeness (QED) is 0.242. The van der Waals surface area contributed by atoms with Crippen LogP contribution in [0.2, 0.25) is 5.02 Å². The second-order valence-corrected chi connectivity index (χ2v) is 7.88. The van der Waals surface area contributed by atoms with Gasteiger partial charge in [-0.1, -0.05) is 17.7 Å². The van der Waals surface area contributed by atoms with Crippen LogP contribution in [0.4, 0.5) is 4.39 Å². The molecule has 1 N–H and O–H groups in total. The van der Waals surface area contributed by atoms with Crippen LogP contribution < -0.4 is 5.32 Å². The van der Waals surface area contributed by atoms with Crippen LogP contribution in [0.15, 0.2) is 23.2 Å². The summed E-state index contributed by atoms with van der Waals surface area (Å²) in [5.74, 6) is 0.681. The maximum absolute atomic E-state index is 14.0. The van der Waals surface area contributed by atoms with Gasteiger partial charge in [-0.05, 0) is 31.4 Å². The molecule has 2 fully saturated rings. The molecule has 3 rings (SSSR count). The highest BCUT2D eigenvalue weighted by Crippen LogP contribution is 2.21. The Labute approximate surface area is 201 Å². The minimum Gasteiger partial charge on any atom is -0.381 e. The molecule has 0 saturated carbocycles. The molecule has 0 aromatic heterocycles. The highest BCUT2D eigenvalue weighted by atomic mass is 127. The number of nitrogens with one attached hydrogen (secondary N) is 1. The minimum atomic E-state index is -0.236. The van der Waals surface area contributed by atoms with Crippen LogP contribution in [0.25, 0.3) is 0 Å². The van der Waals surface area contributed by atoms with E-state index in [4.69, 9.17) is 21.1 Å². The molecule has 2 heterocycles. The molecular weight excluding hydrogens is 522 g/mol. The summed E-state index contributed by atoms with van der Waals surface area (Å²) in [6.45, 7) is 7.14. The van der Waals surface area contributed by atoms with Crippen LogP contribution in [-0.2, 0) is 16.0 Å². The van der Waals surface area contributed by atoms with Crippen LogP contribution in [-0.4, -0.2) is 81.5 Å². The minimum absolute atomic E-state index is 0. The summed E-state index contributed by atoms with van der Waals surface area (Å²) < 4.78 is 25.3. The van der Waals surface area contributed by atoms with Gasteiger partial charge in [-0.3, -0.25) is 9.89 Å². The molecule has 0 radical (unpaired) electrons. The van der Waals surface area contributed by atoms with Crippen LogP contribution in [0.3, 0.4) is 0 Å². The molecule has 170 valence electrons. The summed E-state index contributed by atoms with van der Waals surface area (Å²) >= 11 is 6.16. The van der Waals surface area contributed by atoms with Crippen molar-refractivity contribution in [1.82, 2.24) is 15.1 Å². The number of benzene rings is 1. The smallest absolute Gasteiger partial charge is 0.193 e. The SMILES string of the molecule is CN=C(NCCCOC1CCOCC1)N1CCN(Cc2c(F)cccc2Cl)CC1.I. The molecule has 2 aliphatic heterocycles. The van der Waals surface area contributed by atoms with Gasteiger partial charge in [-0.15, -0.1) is 24.0 Å². The summed E-state index contributed by atoms with van der Waals surface area (Å²) in [5, 5.41) is 3.92. The molecule has 0 spiro atoms. The Morgan fingerprint density at radius 3 is 2.67 bits per heavy atom. The number of hydrogen-bond donors (Lipinski definition) is 1. The average Bonchev–Trinajstić information content (AvgIpc) is 2.75. The van der Waals surface area contributed by atoms with Gasteiger partial charge >= 0.3 is 0 Å². The van der Waals surface area contributed by atoms with Crippen molar-refractivity contribution >= 4 is 41.5 Å². The molecule has 0 bridgehead atoms. The Kier molecular flexibility index (Phi) is 11.7. The van der Waals surface area contributed by atoms with Gasteiger partial charge in [-0.25, -0.2) is 4.39 Å². The Morgan fingerprint density at radius 2 is 2.00 bits per heavy atom. The molecule has 2 saturated heterocycles. The highest BCUT2D eigenvalue weighted by Gasteiger charge is 2.21. The second-order valence-electron chi connectivity index (χ2n) is 7.47. The third-order valence-corrected chi connectivity index (χ3v) is 5.81. The fourth-order valence-corrected chi connectivity index (χ4v) is 3.94. The Balaban J connectivity index is 0.00000320. The van der Waals surface area contributed by atoms with E-state index in [0.717, 1.165) is 77.8 Å². The van der Waals surface area contributed by atoms with Crippen molar-refractivity contribution in [2.75, 3.05) is 59.6 Å². The summed E-state index contributed by atoms with van der Waals surface area (Å²) in [7, 11) is 1.81. The normalized spacial score (nSPS) is 18.9. The van der Waals surface area contributed by atoms with E-state index in [2.05, 4.69) is 20.1 Å². The first-order valence-electron chi connectivity index (χ1n) is 10.5. The fraction of sp³-hybridized carbons (Fsp3) is 0.667. The lowest BCUT2D eigenvalue weighted by atomic mass is 10.1. The number of guanidine groups is 1. The first-order chi connectivity index (χ1) is 14.2. The van der Waals surface area contributed by atoms with E-state index < -0.39 is 0 Å². The average molecular weight is 555 g/mol. The number of nitrogens with zero attached hydrogens (tertiary/aromatic N) is 3. The summed E-state index contributed by atoms with van der Waals surface area (Å²) in [5.41, 5.74) is 0.578. The maximum atomic E-state index is 14.0. The zero-order valence-electron chi connectivity index (χ0n) is 17.6. The molecule has 30 heavy (non-hydrogen) atoms. The Bertz CT molecular complexity index is 648. The first kappa shape index (κ1) is 25.6. The van der Waals surface area contributed by atoms with Crippen molar-refractivity contribution in [3.63, 3.8) is 0 Å². The monoisotopic (exact) mass is 554 g/mol. The second kappa shape index (κ2) is 13.7.